The second-order valence-corrected chi connectivity index (χ2v) is 5.86. The zero-order chi connectivity index (χ0) is 10.2. The van der Waals surface area contributed by atoms with E-state index in [1.54, 1.807) is 6.07 Å². The van der Waals surface area contributed by atoms with Gasteiger partial charge in [0, 0.05) is 6.26 Å². The Hall–Kier alpha value is -0.400. The highest BCUT2D eigenvalue weighted by Crippen LogP contribution is 2.16. The summed E-state index contributed by atoms with van der Waals surface area (Å²) in [6.07, 6.45) is 1.23. The number of aryl methyl sites for hydroxylation is 1. The van der Waals surface area contributed by atoms with Gasteiger partial charge in [-0.25, -0.2) is 8.42 Å². The van der Waals surface area contributed by atoms with E-state index in [1.165, 1.54) is 6.26 Å². The van der Waals surface area contributed by atoms with Gasteiger partial charge in [-0.2, -0.15) is 0 Å². The molecule has 0 radical (unpaired) electrons. The van der Waals surface area contributed by atoms with Crippen molar-refractivity contribution in [3.63, 3.8) is 0 Å². The molecule has 0 aliphatic rings. The van der Waals surface area contributed by atoms with Gasteiger partial charge in [-0.15, -0.1) is 9.24 Å². The summed E-state index contributed by atoms with van der Waals surface area (Å²) in [7, 11) is -0.543. The van der Waals surface area contributed by atoms with E-state index in [2.05, 4.69) is 9.24 Å². The van der Waals surface area contributed by atoms with Gasteiger partial charge in [-0.3, -0.25) is 0 Å². The molecule has 1 unspecified atom stereocenters. The van der Waals surface area contributed by atoms with E-state index in [4.69, 9.17) is 0 Å². The van der Waals surface area contributed by atoms with Gasteiger partial charge >= 0.3 is 0 Å². The highest BCUT2D eigenvalue weighted by molar-refractivity contribution is 7.90. The van der Waals surface area contributed by atoms with E-state index in [9.17, 15) is 8.42 Å². The van der Waals surface area contributed by atoms with Gasteiger partial charge in [0.05, 0.1) is 4.90 Å². The maximum absolute atomic E-state index is 11.3. The Labute approximate surface area is 81.5 Å². The van der Waals surface area contributed by atoms with Gasteiger partial charge in [0.1, 0.15) is 0 Å². The lowest BCUT2D eigenvalue weighted by Gasteiger charge is -2.07. The van der Waals surface area contributed by atoms with Crippen LogP contribution in [0.2, 0.25) is 0 Å². The predicted octanol–water partition coefficient (Wildman–Crippen LogP) is 1.21. The molecule has 0 N–H and O–H groups in total. The number of hydrogen-bond acceptors (Lipinski definition) is 2. The maximum Gasteiger partial charge on any atom is 0.175 e. The van der Waals surface area contributed by atoms with Crippen LogP contribution in [0.4, 0.5) is 0 Å². The highest BCUT2D eigenvalue weighted by atomic mass is 32.2. The smallest absolute Gasteiger partial charge is 0.175 e. The summed E-state index contributed by atoms with van der Waals surface area (Å²) in [4.78, 5) is 0.428. The molecular weight excluding hydrogens is 203 g/mol. The van der Waals surface area contributed by atoms with Crippen LogP contribution in [0, 0.1) is 13.8 Å². The molecule has 0 aromatic heterocycles. The lowest BCUT2D eigenvalue weighted by atomic mass is 10.2. The second-order valence-electron chi connectivity index (χ2n) is 3.25. The molecule has 1 atom stereocenters. The first kappa shape index (κ1) is 10.7. The molecule has 0 aliphatic heterocycles. The molecule has 4 heteroatoms. The van der Waals surface area contributed by atoms with Crippen LogP contribution in [0.5, 0.6) is 0 Å². The SMILES string of the molecule is Cc1cc(P)c(C)c(S(C)(=O)=O)c1. The normalized spacial score (nSPS) is 11.7. The second kappa shape index (κ2) is 3.39. The van der Waals surface area contributed by atoms with Crippen LogP contribution in [0.1, 0.15) is 11.1 Å². The summed E-state index contributed by atoms with van der Waals surface area (Å²) in [5.41, 5.74) is 1.79. The minimum atomic E-state index is -3.09. The molecule has 1 rings (SSSR count). The molecular formula is C9H13O2PS. The Morgan fingerprint density at radius 2 is 1.77 bits per heavy atom. The Morgan fingerprint density at radius 1 is 1.23 bits per heavy atom. The van der Waals surface area contributed by atoms with Crippen LogP contribution in [0.3, 0.4) is 0 Å². The van der Waals surface area contributed by atoms with Gasteiger partial charge in [-0.1, -0.05) is 6.07 Å². The Balaban J connectivity index is 3.56. The molecule has 2 nitrogen and oxygen atoms in total. The molecule has 72 valence electrons. The standard InChI is InChI=1S/C9H13O2PS/c1-6-4-8(12)7(2)9(5-6)13(3,10)11/h4-5H,12H2,1-3H3. The van der Waals surface area contributed by atoms with Crippen LogP contribution in [0.15, 0.2) is 17.0 Å². The summed E-state index contributed by atoms with van der Waals surface area (Å²) < 4.78 is 22.7. The van der Waals surface area contributed by atoms with Crippen LogP contribution in [-0.2, 0) is 9.84 Å². The zero-order valence-corrected chi connectivity index (χ0v) is 9.93. The fraction of sp³-hybridized carbons (Fsp3) is 0.333. The fourth-order valence-corrected chi connectivity index (χ4v) is 2.83. The van der Waals surface area contributed by atoms with Crippen molar-refractivity contribution in [2.24, 2.45) is 0 Å². The number of benzene rings is 1. The van der Waals surface area contributed by atoms with Crippen molar-refractivity contribution >= 4 is 24.4 Å². The first-order valence-electron chi connectivity index (χ1n) is 3.89. The number of rotatable bonds is 1. The quantitative estimate of drug-likeness (QED) is 0.661. The Bertz CT molecular complexity index is 435. The van der Waals surface area contributed by atoms with E-state index < -0.39 is 9.84 Å². The van der Waals surface area contributed by atoms with Crippen molar-refractivity contribution < 1.29 is 8.42 Å². The molecule has 1 aromatic rings. The third kappa shape index (κ3) is 2.29. The molecule has 0 saturated carbocycles. The highest BCUT2D eigenvalue weighted by Gasteiger charge is 2.12. The van der Waals surface area contributed by atoms with Crippen molar-refractivity contribution in [2.75, 3.05) is 6.26 Å². The van der Waals surface area contributed by atoms with Crippen molar-refractivity contribution in [1.82, 2.24) is 0 Å². The average molecular weight is 216 g/mol. The van der Waals surface area contributed by atoms with E-state index >= 15 is 0 Å². The third-order valence-corrected chi connectivity index (χ3v) is 3.77. The summed E-state index contributed by atoms with van der Waals surface area (Å²) in [5, 5.41) is 0.945. The van der Waals surface area contributed by atoms with E-state index in [-0.39, 0.29) is 0 Å². The topological polar surface area (TPSA) is 34.1 Å². The van der Waals surface area contributed by atoms with Gasteiger partial charge in [0.25, 0.3) is 0 Å². The van der Waals surface area contributed by atoms with E-state index in [0.717, 1.165) is 16.4 Å². The van der Waals surface area contributed by atoms with Crippen LogP contribution in [-0.4, -0.2) is 14.7 Å². The lowest BCUT2D eigenvalue weighted by Crippen LogP contribution is -2.08. The van der Waals surface area contributed by atoms with Gasteiger partial charge in [0.2, 0.25) is 0 Å². The number of hydrogen-bond donors (Lipinski definition) is 0. The van der Waals surface area contributed by atoms with E-state index in [1.807, 2.05) is 19.9 Å². The van der Waals surface area contributed by atoms with Gasteiger partial charge < -0.3 is 0 Å². The van der Waals surface area contributed by atoms with Crippen molar-refractivity contribution in [3.05, 3.63) is 23.3 Å². The Kier molecular flexibility index (Phi) is 2.79. The monoisotopic (exact) mass is 216 g/mol. The van der Waals surface area contributed by atoms with E-state index in [0.29, 0.717) is 4.90 Å². The minimum Gasteiger partial charge on any atom is -0.224 e. The summed E-state index contributed by atoms with van der Waals surface area (Å²) in [5.74, 6) is 0. The van der Waals surface area contributed by atoms with Gasteiger partial charge in [-0.05, 0) is 36.3 Å². The van der Waals surface area contributed by atoms with Crippen molar-refractivity contribution in [3.8, 4) is 0 Å². The zero-order valence-electron chi connectivity index (χ0n) is 7.96. The van der Waals surface area contributed by atoms with Crippen LogP contribution >= 0.6 is 9.24 Å². The molecule has 13 heavy (non-hydrogen) atoms. The molecule has 1 aromatic carbocycles. The largest absolute Gasteiger partial charge is 0.224 e. The lowest BCUT2D eigenvalue weighted by molar-refractivity contribution is 0.601. The fourth-order valence-electron chi connectivity index (χ4n) is 1.24. The predicted molar refractivity (Wildman–Crippen MR) is 58.4 cm³/mol. The van der Waals surface area contributed by atoms with Crippen LogP contribution in [0.25, 0.3) is 0 Å². The first-order valence-corrected chi connectivity index (χ1v) is 6.36. The molecule has 0 fully saturated rings. The van der Waals surface area contributed by atoms with Crippen molar-refractivity contribution in [1.29, 1.82) is 0 Å². The van der Waals surface area contributed by atoms with Crippen LogP contribution < -0.4 is 5.30 Å². The average Bonchev–Trinajstić information content (AvgIpc) is 1.94. The molecule has 0 bridgehead atoms. The number of sulfone groups is 1. The molecule has 0 spiro atoms. The third-order valence-electron chi connectivity index (χ3n) is 1.94. The Morgan fingerprint density at radius 3 is 2.23 bits per heavy atom. The molecule has 0 heterocycles. The molecule has 0 saturated heterocycles. The molecule has 0 amide bonds. The minimum absolute atomic E-state index is 0.428. The molecule has 0 aliphatic carbocycles. The maximum atomic E-state index is 11.3. The van der Waals surface area contributed by atoms with Gasteiger partial charge in [0.15, 0.2) is 9.84 Å². The summed E-state index contributed by atoms with van der Waals surface area (Å²) in [6.45, 7) is 3.71. The van der Waals surface area contributed by atoms with Crippen molar-refractivity contribution in [2.45, 2.75) is 18.7 Å². The first-order chi connectivity index (χ1) is 5.82. The summed E-state index contributed by atoms with van der Waals surface area (Å²) >= 11 is 0. The summed E-state index contributed by atoms with van der Waals surface area (Å²) in [6, 6.07) is 3.66.